The molecule has 0 aromatic heterocycles. The molecular formula is C22H27F5O5. The van der Waals surface area contributed by atoms with E-state index >= 15 is 0 Å². The van der Waals surface area contributed by atoms with E-state index in [9.17, 15) is 37.3 Å². The summed E-state index contributed by atoms with van der Waals surface area (Å²) in [4.78, 5) is 0. The molecule has 180 valence electrons. The fourth-order valence-electron chi connectivity index (χ4n) is 4.75. The summed E-state index contributed by atoms with van der Waals surface area (Å²) in [6.45, 7) is 0.429. The lowest BCUT2D eigenvalue weighted by Crippen LogP contribution is -2.66. The van der Waals surface area contributed by atoms with E-state index in [4.69, 9.17) is 9.47 Å². The van der Waals surface area contributed by atoms with Gasteiger partial charge in [-0.3, -0.25) is 0 Å². The molecule has 5 nitrogen and oxygen atoms in total. The molecule has 10 heteroatoms. The average Bonchev–Trinajstić information content (AvgIpc) is 2.72. The number of benzene rings is 1. The Balaban J connectivity index is 1.91. The maximum Gasteiger partial charge on any atom is 0.412 e. The van der Waals surface area contributed by atoms with Gasteiger partial charge in [-0.2, -0.15) is 13.2 Å². The summed E-state index contributed by atoms with van der Waals surface area (Å²) < 4.78 is 79.8. The first kappa shape index (κ1) is 24.9. The van der Waals surface area contributed by atoms with Crippen molar-refractivity contribution in [2.45, 2.75) is 62.7 Å². The highest BCUT2D eigenvalue weighted by Crippen LogP contribution is 2.51. The molecule has 1 saturated heterocycles. The first-order chi connectivity index (χ1) is 14.8. The number of ether oxygens (including phenoxy) is 2. The molecular weight excluding hydrogens is 439 g/mol. The topological polar surface area (TPSA) is 79.2 Å². The standard InChI is InChI=1S/C22H27F5O5/c1-20(19-17(29)18(30)21(23,24)16(11-28)32-19)8-7-15(22(25,26)27)13(10-20)9-12-3-5-14(31-2)6-4-12/h3-7,13,16-19,28-30H,8-11H2,1-2H3. The molecule has 1 fully saturated rings. The Morgan fingerprint density at radius 3 is 2.31 bits per heavy atom. The zero-order valence-corrected chi connectivity index (χ0v) is 17.6. The smallest absolute Gasteiger partial charge is 0.412 e. The van der Waals surface area contributed by atoms with E-state index in [1.807, 2.05) is 0 Å². The maximum atomic E-state index is 14.2. The summed E-state index contributed by atoms with van der Waals surface area (Å²) in [5, 5.41) is 29.6. The van der Waals surface area contributed by atoms with E-state index in [1.54, 1.807) is 24.3 Å². The molecule has 0 saturated carbocycles. The second kappa shape index (κ2) is 8.89. The number of aliphatic hydroxyl groups excluding tert-OH is 3. The molecule has 32 heavy (non-hydrogen) atoms. The monoisotopic (exact) mass is 466 g/mol. The summed E-state index contributed by atoms with van der Waals surface area (Å²) in [7, 11) is 1.47. The van der Waals surface area contributed by atoms with Gasteiger partial charge in [0.1, 0.15) is 24.1 Å². The average molecular weight is 466 g/mol. The molecule has 6 atom stereocenters. The number of allylic oxidation sites excluding steroid dienone is 2. The van der Waals surface area contributed by atoms with Gasteiger partial charge >= 0.3 is 12.1 Å². The highest BCUT2D eigenvalue weighted by atomic mass is 19.4. The first-order valence-corrected chi connectivity index (χ1v) is 10.2. The summed E-state index contributed by atoms with van der Waals surface area (Å²) >= 11 is 0. The summed E-state index contributed by atoms with van der Waals surface area (Å²) in [6, 6.07) is 6.56. The van der Waals surface area contributed by atoms with Gasteiger partial charge in [-0.05, 0) is 42.9 Å². The molecule has 1 aliphatic carbocycles. The van der Waals surface area contributed by atoms with Gasteiger partial charge in [0, 0.05) is 11.0 Å². The number of halogens is 5. The Bertz CT molecular complexity index is 821. The molecule has 3 rings (SSSR count). The zero-order chi connectivity index (χ0) is 23.9. The van der Waals surface area contributed by atoms with Crippen LogP contribution in [0.4, 0.5) is 22.0 Å². The number of alkyl halides is 5. The number of aliphatic hydroxyl groups is 3. The van der Waals surface area contributed by atoms with Crippen LogP contribution in [0.25, 0.3) is 0 Å². The number of hydrogen-bond donors (Lipinski definition) is 3. The quantitative estimate of drug-likeness (QED) is 0.459. The molecule has 0 bridgehead atoms. The van der Waals surface area contributed by atoms with Crippen molar-refractivity contribution in [1.29, 1.82) is 0 Å². The Hall–Kier alpha value is -1.75. The van der Waals surface area contributed by atoms with Crippen molar-refractivity contribution in [3.05, 3.63) is 41.5 Å². The van der Waals surface area contributed by atoms with Crippen LogP contribution in [-0.4, -0.2) is 65.6 Å². The van der Waals surface area contributed by atoms with Gasteiger partial charge in [0.2, 0.25) is 0 Å². The molecule has 2 aliphatic rings. The molecule has 1 aromatic rings. The fraction of sp³-hybridized carbons (Fsp3) is 0.636. The second-order valence-electron chi connectivity index (χ2n) is 8.81. The van der Waals surface area contributed by atoms with Crippen molar-refractivity contribution in [3.8, 4) is 5.75 Å². The normalized spacial score (nSPS) is 35.3. The van der Waals surface area contributed by atoms with Gasteiger partial charge in [-0.25, -0.2) is 8.78 Å². The van der Waals surface area contributed by atoms with Crippen molar-refractivity contribution in [2.24, 2.45) is 11.3 Å². The summed E-state index contributed by atoms with van der Waals surface area (Å²) in [6.07, 6.45) is -11.9. The van der Waals surface area contributed by atoms with Gasteiger partial charge in [-0.1, -0.05) is 25.1 Å². The Labute approximate surface area is 182 Å². The molecule has 1 aliphatic heterocycles. The third-order valence-corrected chi connectivity index (χ3v) is 6.53. The molecule has 0 amide bonds. The predicted molar refractivity (Wildman–Crippen MR) is 104 cm³/mol. The SMILES string of the molecule is COc1ccc(CC2CC(C)(C3OC(CO)C(F)(F)C(O)C3O)CC=C2C(F)(F)F)cc1. The van der Waals surface area contributed by atoms with Crippen molar-refractivity contribution in [1.82, 2.24) is 0 Å². The lowest BCUT2D eigenvalue weighted by atomic mass is 9.64. The first-order valence-electron chi connectivity index (χ1n) is 10.2. The van der Waals surface area contributed by atoms with Crippen LogP contribution in [0.1, 0.15) is 25.3 Å². The molecule has 0 radical (unpaired) electrons. The van der Waals surface area contributed by atoms with Crippen molar-refractivity contribution >= 4 is 0 Å². The van der Waals surface area contributed by atoms with Crippen LogP contribution in [0.3, 0.4) is 0 Å². The van der Waals surface area contributed by atoms with Crippen molar-refractivity contribution in [3.63, 3.8) is 0 Å². The largest absolute Gasteiger partial charge is 0.497 e. The van der Waals surface area contributed by atoms with Crippen LogP contribution in [-0.2, 0) is 11.2 Å². The molecule has 6 unspecified atom stereocenters. The molecule has 0 spiro atoms. The van der Waals surface area contributed by atoms with Crippen LogP contribution in [0.5, 0.6) is 5.75 Å². The zero-order valence-electron chi connectivity index (χ0n) is 17.6. The third-order valence-electron chi connectivity index (χ3n) is 6.53. The summed E-state index contributed by atoms with van der Waals surface area (Å²) in [5.41, 5.74) is -1.28. The molecule has 1 aromatic carbocycles. The summed E-state index contributed by atoms with van der Waals surface area (Å²) in [5.74, 6) is -4.37. The van der Waals surface area contributed by atoms with Crippen LogP contribution in [0, 0.1) is 11.3 Å². The Morgan fingerprint density at radius 1 is 1.16 bits per heavy atom. The highest BCUT2D eigenvalue weighted by molar-refractivity contribution is 5.30. The number of hydrogen-bond acceptors (Lipinski definition) is 5. The van der Waals surface area contributed by atoms with Gasteiger partial charge < -0.3 is 24.8 Å². The molecule has 3 N–H and O–H groups in total. The Morgan fingerprint density at radius 2 is 1.78 bits per heavy atom. The van der Waals surface area contributed by atoms with Crippen LogP contribution in [0.15, 0.2) is 35.9 Å². The van der Waals surface area contributed by atoms with E-state index in [1.165, 1.54) is 14.0 Å². The molecule has 1 heterocycles. The van der Waals surface area contributed by atoms with Gasteiger partial charge in [0.15, 0.2) is 0 Å². The van der Waals surface area contributed by atoms with Crippen LogP contribution in [0.2, 0.25) is 0 Å². The van der Waals surface area contributed by atoms with E-state index < -0.39 is 60.0 Å². The van der Waals surface area contributed by atoms with Crippen molar-refractivity contribution in [2.75, 3.05) is 13.7 Å². The highest BCUT2D eigenvalue weighted by Gasteiger charge is 2.61. The van der Waals surface area contributed by atoms with E-state index in [0.717, 1.165) is 6.08 Å². The number of rotatable bonds is 5. The van der Waals surface area contributed by atoms with Crippen LogP contribution < -0.4 is 4.74 Å². The van der Waals surface area contributed by atoms with E-state index in [0.29, 0.717) is 11.3 Å². The van der Waals surface area contributed by atoms with Gasteiger partial charge in [-0.15, -0.1) is 0 Å². The Kier molecular flexibility index (Phi) is 6.91. The third kappa shape index (κ3) is 4.64. The van der Waals surface area contributed by atoms with Gasteiger partial charge in [0.25, 0.3) is 0 Å². The lowest BCUT2D eigenvalue weighted by Gasteiger charge is -2.51. The minimum Gasteiger partial charge on any atom is -0.497 e. The minimum absolute atomic E-state index is 0.0237. The van der Waals surface area contributed by atoms with Crippen LogP contribution >= 0.6 is 0 Å². The lowest BCUT2D eigenvalue weighted by molar-refractivity contribution is -0.312. The van der Waals surface area contributed by atoms with E-state index in [-0.39, 0.29) is 19.3 Å². The number of methoxy groups -OCH3 is 1. The minimum atomic E-state index is -4.58. The van der Waals surface area contributed by atoms with E-state index in [2.05, 4.69) is 0 Å². The van der Waals surface area contributed by atoms with Gasteiger partial charge in [0.05, 0.1) is 19.8 Å². The second-order valence-corrected chi connectivity index (χ2v) is 8.81. The fourth-order valence-corrected chi connectivity index (χ4v) is 4.75. The predicted octanol–water partition coefficient (Wildman–Crippen LogP) is 3.26. The maximum absolute atomic E-state index is 14.2. The van der Waals surface area contributed by atoms with Crippen molar-refractivity contribution < 1.29 is 46.7 Å².